The first-order valence-corrected chi connectivity index (χ1v) is 8.55. The maximum atomic E-state index is 12.4. The van der Waals surface area contributed by atoms with Crippen molar-refractivity contribution in [3.63, 3.8) is 0 Å². The first kappa shape index (κ1) is 20.3. The monoisotopic (exact) mass is 372 g/mol. The third-order valence-electron chi connectivity index (χ3n) is 3.81. The molecular weight excluding hydrogens is 348 g/mol. The maximum absolute atomic E-state index is 12.4. The summed E-state index contributed by atoms with van der Waals surface area (Å²) in [7, 11) is 3.03. The Morgan fingerprint density at radius 3 is 2.11 bits per heavy atom. The van der Waals surface area contributed by atoms with Gasteiger partial charge in [-0.25, -0.2) is 4.79 Å². The Labute approximate surface area is 159 Å². The number of hydrogen-bond donors (Lipinski definition) is 0. The van der Waals surface area contributed by atoms with Gasteiger partial charge in [-0.3, -0.25) is 4.79 Å². The Morgan fingerprint density at radius 1 is 0.889 bits per heavy atom. The molecule has 0 saturated heterocycles. The van der Waals surface area contributed by atoms with Gasteiger partial charge in [-0.05, 0) is 57.2 Å². The molecule has 0 heterocycles. The number of carbonyl (C=O) groups excluding carboxylic acids is 2. The molecule has 0 spiro atoms. The summed E-state index contributed by atoms with van der Waals surface area (Å²) in [6.07, 6.45) is -0.0160. The van der Waals surface area contributed by atoms with Gasteiger partial charge in [-0.2, -0.15) is 0 Å². The number of hydrogen-bond acceptors (Lipinski definition) is 6. The highest BCUT2D eigenvalue weighted by molar-refractivity contribution is 5.94. The van der Waals surface area contributed by atoms with E-state index in [1.54, 1.807) is 36.4 Å². The van der Waals surface area contributed by atoms with Crippen molar-refractivity contribution in [3.05, 3.63) is 53.1 Å². The second kappa shape index (κ2) is 9.07. The van der Waals surface area contributed by atoms with Crippen molar-refractivity contribution in [3.8, 4) is 17.2 Å². The fourth-order valence-electron chi connectivity index (χ4n) is 2.48. The summed E-state index contributed by atoms with van der Waals surface area (Å²) in [4.78, 5) is 24.0. The highest BCUT2D eigenvalue weighted by Gasteiger charge is 2.15. The first-order valence-electron chi connectivity index (χ1n) is 8.55. The topological polar surface area (TPSA) is 71.1 Å². The van der Waals surface area contributed by atoms with Gasteiger partial charge in [0.25, 0.3) is 0 Å². The average molecular weight is 372 g/mol. The van der Waals surface area contributed by atoms with Crippen LogP contribution in [-0.4, -0.2) is 32.1 Å². The van der Waals surface area contributed by atoms with Crippen molar-refractivity contribution in [1.82, 2.24) is 0 Å². The van der Waals surface area contributed by atoms with Gasteiger partial charge in [0.05, 0.1) is 25.9 Å². The van der Waals surface area contributed by atoms with Crippen molar-refractivity contribution in [1.29, 1.82) is 0 Å². The van der Waals surface area contributed by atoms with Crippen molar-refractivity contribution < 1.29 is 28.5 Å². The molecule has 0 aliphatic carbocycles. The van der Waals surface area contributed by atoms with Crippen LogP contribution in [0.25, 0.3) is 0 Å². The van der Waals surface area contributed by atoms with E-state index in [1.165, 1.54) is 21.1 Å². The minimum Gasteiger partial charge on any atom is -0.496 e. The molecule has 0 aliphatic heterocycles. The summed E-state index contributed by atoms with van der Waals surface area (Å²) in [5.74, 6) is 0.968. The van der Waals surface area contributed by atoms with E-state index in [0.29, 0.717) is 33.9 Å². The molecule has 0 N–H and O–H groups in total. The predicted molar refractivity (Wildman–Crippen MR) is 101 cm³/mol. The van der Waals surface area contributed by atoms with Crippen molar-refractivity contribution in [2.45, 2.75) is 33.5 Å². The molecule has 0 saturated carbocycles. The Bertz CT molecular complexity index is 825. The molecule has 27 heavy (non-hydrogen) atoms. The lowest BCUT2D eigenvalue weighted by Crippen LogP contribution is -2.09. The van der Waals surface area contributed by atoms with Crippen LogP contribution in [0, 0.1) is 0 Å². The molecular formula is C21H24O6. The van der Waals surface area contributed by atoms with Crippen LogP contribution < -0.4 is 14.2 Å². The van der Waals surface area contributed by atoms with Gasteiger partial charge in [-0.1, -0.05) is 0 Å². The molecule has 0 atom stereocenters. The van der Waals surface area contributed by atoms with Crippen LogP contribution in [-0.2, 0) is 11.3 Å². The van der Waals surface area contributed by atoms with Gasteiger partial charge >= 0.3 is 5.97 Å². The fraction of sp³-hybridized carbons (Fsp3) is 0.333. The third-order valence-corrected chi connectivity index (χ3v) is 3.81. The van der Waals surface area contributed by atoms with Crippen molar-refractivity contribution in [2.24, 2.45) is 0 Å². The van der Waals surface area contributed by atoms with Crippen LogP contribution in [0.1, 0.15) is 47.1 Å². The molecule has 0 aliphatic rings. The summed E-state index contributed by atoms with van der Waals surface area (Å²) in [5.41, 5.74) is 1.48. The predicted octanol–water partition coefficient (Wildman–Crippen LogP) is 4.05. The Balaban J connectivity index is 2.16. The van der Waals surface area contributed by atoms with Gasteiger partial charge < -0.3 is 18.9 Å². The lowest BCUT2D eigenvalue weighted by molar-refractivity contribution is 0.0469. The summed E-state index contributed by atoms with van der Waals surface area (Å²) in [6, 6.07) is 9.88. The standard InChI is InChI=1S/C21H24O6/c1-13(2)27-19-9-7-16(11-20(19)25-5)21(23)26-12-17-10-15(14(3)22)6-8-18(17)24-4/h6-11,13H,12H2,1-5H3. The molecule has 0 bridgehead atoms. The highest BCUT2D eigenvalue weighted by Crippen LogP contribution is 2.29. The normalized spacial score (nSPS) is 10.4. The van der Waals surface area contributed by atoms with Crippen LogP contribution >= 0.6 is 0 Å². The zero-order valence-corrected chi connectivity index (χ0v) is 16.2. The van der Waals surface area contributed by atoms with E-state index < -0.39 is 5.97 Å². The van der Waals surface area contributed by atoms with Gasteiger partial charge in [0, 0.05) is 11.1 Å². The molecule has 0 fully saturated rings. The van der Waals surface area contributed by atoms with Crippen LogP contribution in [0.15, 0.2) is 36.4 Å². The number of Topliss-reactive ketones (excluding diaryl/α,β-unsaturated/α-hetero) is 1. The van der Waals surface area contributed by atoms with Crippen molar-refractivity contribution in [2.75, 3.05) is 14.2 Å². The maximum Gasteiger partial charge on any atom is 0.338 e. The second-order valence-corrected chi connectivity index (χ2v) is 6.19. The highest BCUT2D eigenvalue weighted by atomic mass is 16.5. The van der Waals surface area contributed by atoms with Gasteiger partial charge in [0.1, 0.15) is 12.4 Å². The molecule has 0 aromatic heterocycles. The molecule has 144 valence electrons. The Hall–Kier alpha value is -3.02. The lowest BCUT2D eigenvalue weighted by atomic mass is 10.1. The average Bonchev–Trinajstić information content (AvgIpc) is 2.65. The summed E-state index contributed by atoms with van der Waals surface area (Å²) in [5, 5.41) is 0. The number of esters is 1. The van der Waals surface area contributed by atoms with Crippen LogP contribution in [0.5, 0.6) is 17.2 Å². The number of rotatable bonds is 8. The summed E-state index contributed by atoms with van der Waals surface area (Å²) in [6.45, 7) is 5.27. The zero-order valence-electron chi connectivity index (χ0n) is 16.2. The SMILES string of the molecule is COc1ccc(C(C)=O)cc1COC(=O)c1ccc(OC(C)C)c(OC)c1. The molecule has 2 aromatic rings. The minimum atomic E-state index is -0.514. The lowest BCUT2D eigenvalue weighted by Gasteiger charge is -2.14. The molecule has 0 radical (unpaired) electrons. The number of ketones is 1. The van der Waals surface area contributed by atoms with E-state index in [9.17, 15) is 9.59 Å². The summed E-state index contributed by atoms with van der Waals surface area (Å²) < 4.78 is 21.6. The molecule has 0 unspecified atom stereocenters. The smallest absolute Gasteiger partial charge is 0.338 e. The number of ether oxygens (including phenoxy) is 4. The van der Waals surface area contributed by atoms with Gasteiger partial charge in [-0.15, -0.1) is 0 Å². The van der Waals surface area contributed by atoms with Crippen LogP contribution in [0.4, 0.5) is 0 Å². The van der Waals surface area contributed by atoms with Crippen molar-refractivity contribution >= 4 is 11.8 Å². The summed E-state index contributed by atoms with van der Waals surface area (Å²) >= 11 is 0. The molecule has 6 nitrogen and oxygen atoms in total. The number of carbonyl (C=O) groups is 2. The number of benzene rings is 2. The minimum absolute atomic E-state index is 0.0160. The molecule has 2 aromatic carbocycles. The van der Waals surface area contributed by atoms with Crippen LogP contribution in [0.2, 0.25) is 0 Å². The van der Waals surface area contributed by atoms with Gasteiger partial charge in [0.15, 0.2) is 17.3 Å². The van der Waals surface area contributed by atoms with E-state index in [0.717, 1.165) is 0 Å². The Morgan fingerprint density at radius 2 is 1.52 bits per heavy atom. The number of methoxy groups -OCH3 is 2. The van der Waals surface area contributed by atoms with E-state index >= 15 is 0 Å². The molecule has 0 amide bonds. The molecule has 2 rings (SSSR count). The van der Waals surface area contributed by atoms with E-state index in [2.05, 4.69) is 0 Å². The van der Waals surface area contributed by atoms with Crippen LogP contribution in [0.3, 0.4) is 0 Å². The largest absolute Gasteiger partial charge is 0.496 e. The van der Waals surface area contributed by atoms with E-state index in [4.69, 9.17) is 18.9 Å². The fourth-order valence-corrected chi connectivity index (χ4v) is 2.48. The third kappa shape index (κ3) is 5.23. The first-order chi connectivity index (χ1) is 12.8. The Kier molecular flexibility index (Phi) is 6.82. The van der Waals surface area contributed by atoms with Gasteiger partial charge in [0.2, 0.25) is 0 Å². The molecule has 6 heteroatoms. The second-order valence-electron chi connectivity index (χ2n) is 6.19. The zero-order chi connectivity index (χ0) is 20.0. The quantitative estimate of drug-likeness (QED) is 0.514. The van der Waals surface area contributed by atoms with E-state index in [-0.39, 0.29) is 18.5 Å². The van der Waals surface area contributed by atoms with E-state index in [1.807, 2.05) is 13.8 Å².